The highest BCUT2D eigenvalue weighted by atomic mass is 16.2. The van der Waals surface area contributed by atoms with E-state index in [0.717, 1.165) is 16.8 Å². The standard InChI is InChI=1S/C27H21N3O3/c1-16(31)24-23(25(32)18-8-6-14-28-15-18)27(19-9-3-4-10-20(19)29-26(27)33)22-13-12-17-7-2-5-11-21(17)30(22)24/h2-15,22-24H,1H3,(H,29,33)/t22-,23+,24+,27+/m0/s1. The first-order valence-corrected chi connectivity index (χ1v) is 11.0. The van der Waals surface area contributed by atoms with Crippen molar-refractivity contribution in [3.63, 3.8) is 0 Å². The fourth-order valence-electron chi connectivity index (χ4n) is 5.96. The predicted molar refractivity (Wildman–Crippen MR) is 125 cm³/mol. The van der Waals surface area contributed by atoms with Crippen LogP contribution in [0.5, 0.6) is 0 Å². The van der Waals surface area contributed by atoms with Gasteiger partial charge in [0.05, 0.1) is 18.0 Å². The summed E-state index contributed by atoms with van der Waals surface area (Å²) in [6.07, 6.45) is 7.06. The first-order chi connectivity index (χ1) is 16.0. The van der Waals surface area contributed by atoms with Gasteiger partial charge in [0.15, 0.2) is 11.6 Å². The molecule has 0 bridgehead atoms. The number of nitrogens with zero attached hydrogens (tertiary/aromatic N) is 2. The normalized spacial score (nSPS) is 26.5. The molecule has 3 aromatic rings. The zero-order valence-corrected chi connectivity index (χ0v) is 17.9. The first-order valence-electron chi connectivity index (χ1n) is 11.0. The van der Waals surface area contributed by atoms with Crippen molar-refractivity contribution in [2.75, 3.05) is 10.2 Å². The molecule has 1 aromatic heterocycles. The maximum atomic E-state index is 14.1. The Balaban J connectivity index is 1.67. The molecule has 4 heterocycles. The van der Waals surface area contributed by atoms with E-state index in [4.69, 9.17) is 0 Å². The lowest BCUT2D eigenvalue weighted by atomic mass is 9.64. The molecule has 1 N–H and O–H groups in total. The van der Waals surface area contributed by atoms with Crippen molar-refractivity contribution in [2.24, 2.45) is 5.92 Å². The summed E-state index contributed by atoms with van der Waals surface area (Å²) in [6.45, 7) is 1.50. The number of amides is 1. The molecular formula is C27H21N3O3. The Hall–Kier alpha value is -4.06. The van der Waals surface area contributed by atoms with Crippen LogP contribution in [-0.2, 0) is 15.0 Å². The Morgan fingerprint density at radius 3 is 2.61 bits per heavy atom. The van der Waals surface area contributed by atoms with Gasteiger partial charge in [0, 0.05) is 29.3 Å². The summed E-state index contributed by atoms with van der Waals surface area (Å²) in [4.78, 5) is 47.3. The van der Waals surface area contributed by atoms with Crippen LogP contribution in [0.3, 0.4) is 0 Å². The molecule has 33 heavy (non-hydrogen) atoms. The number of anilines is 2. The van der Waals surface area contributed by atoms with E-state index in [1.165, 1.54) is 13.1 Å². The van der Waals surface area contributed by atoms with E-state index in [-0.39, 0.29) is 17.5 Å². The van der Waals surface area contributed by atoms with Crippen LogP contribution in [0.4, 0.5) is 11.4 Å². The lowest BCUT2D eigenvalue weighted by molar-refractivity contribution is -0.122. The van der Waals surface area contributed by atoms with Gasteiger partial charge >= 0.3 is 0 Å². The van der Waals surface area contributed by atoms with Crippen LogP contribution in [0.1, 0.15) is 28.4 Å². The Kier molecular flexibility index (Phi) is 4.14. The topological polar surface area (TPSA) is 79.4 Å². The predicted octanol–water partition coefficient (Wildman–Crippen LogP) is 3.64. The quantitative estimate of drug-likeness (QED) is 0.636. The van der Waals surface area contributed by atoms with Gasteiger partial charge in [-0.05, 0) is 42.3 Å². The molecule has 0 aliphatic carbocycles. The van der Waals surface area contributed by atoms with Crippen LogP contribution in [0.25, 0.3) is 6.08 Å². The van der Waals surface area contributed by atoms with Gasteiger partial charge < -0.3 is 10.2 Å². The lowest BCUT2D eigenvalue weighted by Gasteiger charge is -2.37. The van der Waals surface area contributed by atoms with E-state index in [0.29, 0.717) is 11.3 Å². The van der Waals surface area contributed by atoms with Gasteiger partial charge in [0.2, 0.25) is 5.91 Å². The lowest BCUT2D eigenvalue weighted by Crippen LogP contribution is -2.51. The zero-order chi connectivity index (χ0) is 22.7. The van der Waals surface area contributed by atoms with Gasteiger partial charge in [-0.1, -0.05) is 48.6 Å². The van der Waals surface area contributed by atoms with Crippen LogP contribution in [0, 0.1) is 5.92 Å². The number of hydrogen-bond donors (Lipinski definition) is 1. The molecule has 2 aromatic carbocycles. The molecule has 3 aliphatic heterocycles. The largest absolute Gasteiger partial charge is 0.352 e. The third kappa shape index (κ3) is 2.49. The number of rotatable bonds is 3. The molecule has 1 saturated heterocycles. The van der Waals surface area contributed by atoms with Crippen LogP contribution in [0.2, 0.25) is 0 Å². The molecular weight excluding hydrogens is 414 g/mol. The number of aromatic nitrogens is 1. The number of benzene rings is 2. The number of ketones is 2. The second kappa shape index (κ2) is 6.97. The minimum atomic E-state index is -1.25. The second-order valence-corrected chi connectivity index (χ2v) is 8.78. The van der Waals surface area contributed by atoms with Crippen molar-refractivity contribution < 1.29 is 14.4 Å². The number of hydrogen-bond acceptors (Lipinski definition) is 5. The summed E-state index contributed by atoms with van der Waals surface area (Å²) in [5.41, 5.74) is 2.38. The number of pyridine rings is 1. The molecule has 1 fully saturated rings. The van der Waals surface area contributed by atoms with E-state index >= 15 is 0 Å². The third-order valence-electron chi connectivity index (χ3n) is 7.19. The summed E-state index contributed by atoms with van der Waals surface area (Å²) >= 11 is 0. The molecule has 0 saturated carbocycles. The van der Waals surface area contributed by atoms with Gasteiger partial charge in [0.1, 0.15) is 5.41 Å². The maximum Gasteiger partial charge on any atom is 0.238 e. The van der Waals surface area contributed by atoms with Gasteiger partial charge in [-0.2, -0.15) is 0 Å². The summed E-state index contributed by atoms with van der Waals surface area (Å²) in [5.74, 6) is -1.57. The van der Waals surface area contributed by atoms with Crippen LogP contribution < -0.4 is 10.2 Å². The highest BCUT2D eigenvalue weighted by Gasteiger charge is 2.69. The smallest absolute Gasteiger partial charge is 0.238 e. The molecule has 0 unspecified atom stereocenters. The number of para-hydroxylation sites is 2. The van der Waals surface area contributed by atoms with E-state index in [1.54, 1.807) is 18.3 Å². The Labute approximate surface area is 191 Å². The molecule has 162 valence electrons. The maximum absolute atomic E-state index is 14.1. The molecule has 1 amide bonds. The van der Waals surface area contributed by atoms with Gasteiger partial charge in [-0.3, -0.25) is 19.4 Å². The van der Waals surface area contributed by atoms with Gasteiger partial charge in [-0.15, -0.1) is 0 Å². The highest BCUT2D eigenvalue weighted by molar-refractivity contribution is 6.16. The minimum absolute atomic E-state index is 0.151. The number of fused-ring (bicyclic) bond motifs is 6. The third-order valence-corrected chi connectivity index (χ3v) is 7.19. The molecule has 6 heteroatoms. The van der Waals surface area contributed by atoms with Gasteiger partial charge in [0.25, 0.3) is 0 Å². The SMILES string of the molecule is CC(=O)[C@@H]1[C@H](C(=O)c2cccnc2)[C@]2(C(=O)Nc3ccccc32)[C@@H]2C=Cc3ccccc3N12. The van der Waals surface area contributed by atoms with Crippen molar-refractivity contribution in [1.29, 1.82) is 0 Å². The van der Waals surface area contributed by atoms with Crippen molar-refractivity contribution in [3.05, 3.63) is 95.8 Å². The summed E-state index contributed by atoms with van der Waals surface area (Å²) in [6, 6.07) is 17.4. The Bertz CT molecular complexity index is 1350. The fourth-order valence-corrected chi connectivity index (χ4v) is 5.96. The summed E-state index contributed by atoms with van der Waals surface area (Å²) in [5, 5.41) is 3.00. The molecule has 0 radical (unpaired) electrons. The molecule has 6 nitrogen and oxygen atoms in total. The Morgan fingerprint density at radius 2 is 1.82 bits per heavy atom. The number of carbonyl (C=O) groups is 3. The van der Waals surface area contributed by atoms with Crippen LogP contribution >= 0.6 is 0 Å². The number of Topliss-reactive ketones (excluding diaryl/α,β-unsaturated/α-hetero) is 2. The molecule has 3 aliphatic rings. The average Bonchev–Trinajstić information content (AvgIpc) is 3.32. The zero-order valence-electron chi connectivity index (χ0n) is 17.9. The van der Waals surface area contributed by atoms with E-state index in [2.05, 4.69) is 10.3 Å². The van der Waals surface area contributed by atoms with E-state index in [9.17, 15) is 14.4 Å². The summed E-state index contributed by atoms with van der Waals surface area (Å²) < 4.78 is 0. The monoisotopic (exact) mass is 435 g/mol. The van der Waals surface area contributed by atoms with Crippen molar-refractivity contribution in [1.82, 2.24) is 4.98 Å². The van der Waals surface area contributed by atoms with Crippen LogP contribution in [0.15, 0.2) is 79.1 Å². The molecule has 4 atom stereocenters. The van der Waals surface area contributed by atoms with Crippen molar-refractivity contribution >= 4 is 34.9 Å². The van der Waals surface area contributed by atoms with Crippen LogP contribution in [-0.4, -0.2) is 34.5 Å². The van der Waals surface area contributed by atoms with E-state index in [1.807, 2.05) is 65.6 Å². The Morgan fingerprint density at radius 1 is 1.03 bits per heavy atom. The number of carbonyl (C=O) groups excluding carboxylic acids is 3. The molecule has 1 spiro atoms. The fraction of sp³-hybridized carbons (Fsp3) is 0.185. The average molecular weight is 435 g/mol. The molecule has 6 rings (SSSR count). The minimum Gasteiger partial charge on any atom is -0.352 e. The summed E-state index contributed by atoms with van der Waals surface area (Å²) in [7, 11) is 0. The van der Waals surface area contributed by atoms with Crippen molar-refractivity contribution in [2.45, 2.75) is 24.4 Å². The first kappa shape index (κ1) is 19.6. The van der Waals surface area contributed by atoms with Crippen molar-refractivity contribution in [3.8, 4) is 0 Å². The van der Waals surface area contributed by atoms with Gasteiger partial charge in [-0.25, -0.2) is 0 Å². The number of nitrogens with one attached hydrogen (secondary N) is 1. The van der Waals surface area contributed by atoms with E-state index < -0.39 is 23.4 Å². The second-order valence-electron chi connectivity index (χ2n) is 8.78. The highest BCUT2D eigenvalue weighted by Crippen LogP contribution is 2.57.